The fourth-order valence-electron chi connectivity index (χ4n) is 1.66. The molecule has 1 aromatic heterocycles. The molecule has 0 fully saturated rings. The summed E-state index contributed by atoms with van der Waals surface area (Å²) >= 11 is 1.57. The molecule has 1 aromatic carbocycles. The number of hydrogen-bond acceptors (Lipinski definition) is 4. The lowest BCUT2D eigenvalue weighted by molar-refractivity contribution is 0.580. The number of nitrogen functional groups attached to an aromatic ring is 1. The maximum Gasteiger partial charge on any atom is 0.212 e. The zero-order valence-electron chi connectivity index (χ0n) is 10.4. The number of nitrogens with one attached hydrogen (secondary N) is 1. The highest BCUT2D eigenvalue weighted by atomic mass is 32.2. The molecule has 3 N–H and O–H groups in total. The third kappa shape index (κ3) is 4.66. The van der Waals surface area contributed by atoms with Gasteiger partial charge in [0.25, 0.3) is 0 Å². The molecule has 0 saturated heterocycles. The summed E-state index contributed by atoms with van der Waals surface area (Å²) in [4.78, 5) is 1.08. The van der Waals surface area contributed by atoms with E-state index in [-0.39, 0.29) is 12.3 Å². The van der Waals surface area contributed by atoms with Gasteiger partial charge in [-0.25, -0.2) is 13.1 Å². The van der Waals surface area contributed by atoms with Crippen molar-refractivity contribution < 1.29 is 8.42 Å². The predicted octanol–water partition coefficient (Wildman–Crippen LogP) is 1.99. The average molecular weight is 296 g/mol. The quantitative estimate of drug-likeness (QED) is 0.801. The molecule has 0 amide bonds. The van der Waals surface area contributed by atoms with Crippen molar-refractivity contribution in [3.63, 3.8) is 0 Å². The summed E-state index contributed by atoms with van der Waals surface area (Å²) in [7, 11) is -3.25. The summed E-state index contributed by atoms with van der Waals surface area (Å²) in [6.45, 7) is 0.276. The summed E-state index contributed by atoms with van der Waals surface area (Å²) in [5, 5.41) is 1.95. The molecule has 102 valence electrons. The number of nitrogens with two attached hydrogens (primary N) is 1. The van der Waals surface area contributed by atoms with Gasteiger partial charge >= 0.3 is 0 Å². The SMILES string of the molecule is Nc1cccc(CNS(=O)(=O)CCc2cccs2)c1. The largest absolute Gasteiger partial charge is 0.399 e. The van der Waals surface area contributed by atoms with Gasteiger partial charge in [-0.1, -0.05) is 18.2 Å². The second kappa shape index (κ2) is 6.18. The Morgan fingerprint density at radius 1 is 1.21 bits per heavy atom. The van der Waals surface area contributed by atoms with Crippen LogP contribution in [0.4, 0.5) is 5.69 Å². The van der Waals surface area contributed by atoms with Crippen LogP contribution in [0.2, 0.25) is 0 Å². The normalized spacial score (nSPS) is 11.6. The number of rotatable bonds is 6. The van der Waals surface area contributed by atoms with Crippen LogP contribution in [0.25, 0.3) is 0 Å². The van der Waals surface area contributed by atoms with E-state index in [1.807, 2.05) is 29.6 Å². The molecule has 2 aromatic rings. The first-order chi connectivity index (χ1) is 9.05. The summed E-state index contributed by atoms with van der Waals surface area (Å²) in [5.74, 6) is 0.107. The zero-order chi connectivity index (χ0) is 13.7. The molecule has 0 spiro atoms. The van der Waals surface area contributed by atoms with E-state index in [1.165, 1.54) is 0 Å². The van der Waals surface area contributed by atoms with Crippen LogP contribution < -0.4 is 10.5 Å². The van der Waals surface area contributed by atoms with E-state index in [0.717, 1.165) is 10.4 Å². The van der Waals surface area contributed by atoms with Crippen LogP contribution in [0, 0.1) is 0 Å². The molecule has 0 aliphatic heterocycles. The van der Waals surface area contributed by atoms with Crippen molar-refractivity contribution in [3.8, 4) is 0 Å². The first-order valence-electron chi connectivity index (χ1n) is 5.89. The van der Waals surface area contributed by atoms with Crippen LogP contribution in [0.3, 0.4) is 0 Å². The summed E-state index contributed by atoms with van der Waals surface area (Å²) < 4.78 is 26.3. The van der Waals surface area contributed by atoms with Gasteiger partial charge in [0.2, 0.25) is 10.0 Å². The number of sulfonamides is 1. The summed E-state index contributed by atoms with van der Waals surface area (Å²) in [6, 6.07) is 11.1. The van der Waals surface area contributed by atoms with Gasteiger partial charge in [-0.2, -0.15) is 0 Å². The van der Waals surface area contributed by atoms with E-state index in [2.05, 4.69) is 4.72 Å². The van der Waals surface area contributed by atoms with Crippen LogP contribution in [0.1, 0.15) is 10.4 Å². The maximum absolute atomic E-state index is 11.8. The average Bonchev–Trinajstić information content (AvgIpc) is 2.88. The van der Waals surface area contributed by atoms with Gasteiger partial charge in [0, 0.05) is 17.1 Å². The van der Waals surface area contributed by atoms with Crippen molar-refractivity contribution in [3.05, 3.63) is 52.2 Å². The van der Waals surface area contributed by atoms with Gasteiger partial charge in [-0.3, -0.25) is 0 Å². The Hall–Kier alpha value is -1.37. The Bertz CT molecular complexity index is 622. The smallest absolute Gasteiger partial charge is 0.212 e. The number of thiophene rings is 1. The van der Waals surface area contributed by atoms with Crippen LogP contribution in [-0.4, -0.2) is 14.2 Å². The number of benzene rings is 1. The highest BCUT2D eigenvalue weighted by Crippen LogP contribution is 2.10. The van der Waals surface area contributed by atoms with Crippen molar-refractivity contribution in [1.29, 1.82) is 0 Å². The highest BCUT2D eigenvalue weighted by Gasteiger charge is 2.10. The lowest BCUT2D eigenvalue weighted by Gasteiger charge is -2.06. The first-order valence-corrected chi connectivity index (χ1v) is 8.42. The summed E-state index contributed by atoms with van der Waals surface area (Å²) in [5.41, 5.74) is 7.14. The number of hydrogen-bond donors (Lipinski definition) is 2. The molecule has 1 heterocycles. The third-order valence-corrected chi connectivity index (χ3v) is 4.91. The van der Waals surface area contributed by atoms with Crippen molar-refractivity contribution in [1.82, 2.24) is 4.72 Å². The fourth-order valence-corrected chi connectivity index (χ4v) is 3.52. The molecule has 0 aliphatic rings. The molecule has 2 rings (SSSR count). The summed E-state index contributed by atoms with van der Waals surface area (Å²) in [6.07, 6.45) is 0.546. The minimum Gasteiger partial charge on any atom is -0.399 e. The molecular weight excluding hydrogens is 280 g/mol. The maximum atomic E-state index is 11.8. The first kappa shape index (κ1) is 14.0. The number of aryl methyl sites for hydroxylation is 1. The van der Waals surface area contributed by atoms with E-state index in [9.17, 15) is 8.42 Å². The van der Waals surface area contributed by atoms with E-state index < -0.39 is 10.0 Å². The second-order valence-electron chi connectivity index (χ2n) is 4.21. The molecule has 6 heteroatoms. The van der Waals surface area contributed by atoms with Gasteiger partial charge in [-0.05, 0) is 35.6 Å². The minimum atomic E-state index is -3.25. The molecule has 0 radical (unpaired) electrons. The van der Waals surface area contributed by atoms with E-state index in [1.54, 1.807) is 23.5 Å². The van der Waals surface area contributed by atoms with E-state index >= 15 is 0 Å². The lowest BCUT2D eigenvalue weighted by atomic mass is 10.2. The molecule has 4 nitrogen and oxygen atoms in total. The van der Waals surface area contributed by atoms with Gasteiger partial charge in [0.15, 0.2) is 0 Å². The van der Waals surface area contributed by atoms with Crippen molar-refractivity contribution >= 4 is 27.0 Å². The molecule has 0 aliphatic carbocycles. The zero-order valence-corrected chi connectivity index (χ0v) is 12.0. The van der Waals surface area contributed by atoms with Crippen LogP contribution >= 0.6 is 11.3 Å². The van der Waals surface area contributed by atoms with Crippen LogP contribution in [0.15, 0.2) is 41.8 Å². The Labute approximate surface area is 117 Å². The van der Waals surface area contributed by atoms with E-state index in [4.69, 9.17) is 5.73 Å². The van der Waals surface area contributed by atoms with Gasteiger partial charge in [0.05, 0.1) is 5.75 Å². The van der Waals surface area contributed by atoms with E-state index in [0.29, 0.717) is 12.1 Å². The van der Waals surface area contributed by atoms with Crippen LogP contribution in [0.5, 0.6) is 0 Å². The van der Waals surface area contributed by atoms with Crippen molar-refractivity contribution in [2.24, 2.45) is 0 Å². The Morgan fingerprint density at radius 3 is 2.74 bits per heavy atom. The fraction of sp³-hybridized carbons (Fsp3) is 0.231. The highest BCUT2D eigenvalue weighted by molar-refractivity contribution is 7.89. The van der Waals surface area contributed by atoms with Gasteiger partial charge < -0.3 is 5.73 Å². The molecular formula is C13H16N2O2S2. The van der Waals surface area contributed by atoms with Crippen LogP contribution in [-0.2, 0) is 23.0 Å². The molecule has 0 unspecified atom stereocenters. The Morgan fingerprint density at radius 2 is 2.05 bits per heavy atom. The van der Waals surface area contributed by atoms with Crippen molar-refractivity contribution in [2.45, 2.75) is 13.0 Å². The Balaban J connectivity index is 1.87. The monoisotopic (exact) mass is 296 g/mol. The minimum absolute atomic E-state index is 0.107. The standard InChI is InChI=1S/C13H16N2O2S2/c14-12-4-1-3-11(9-12)10-15-19(16,17)8-6-13-5-2-7-18-13/h1-5,7,9,15H,6,8,10,14H2. The molecule has 0 bridgehead atoms. The lowest BCUT2D eigenvalue weighted by Crippen LogP contribution is -2.26. The van der Waals surface area contributed by atoms with Crippen molar-refractivity contribution in [2.75, 3.05) is 11.5 Å². The number of anilines is 1. The molecule has 19 heavy (non-hydrogen) atoms. The van der Waals surface area contributed by atoms with Gasteiger partial charge in [-0.15, -0.1) is 11.3 Å². The van der Waals surface area contributed by atoms with Gasteiger partial charge in [0.1, 0.15) is 0 Å². The topological polar surface area (TPSA) is 72.2 Å². The predicted molar refractivity (Wildman–Crippen MR) is 79.5 cm³/mol. The third-order valence-electron chi connectivity index (χ3n) is 2.64. The molecule has 0 saturated carbocycles. The Kier molecular flexibility index (Phi) is 4.57. The second-order valence-corrected chi connectivity index (χ2v) is 7.17. The molecule has 0 atom stereocenters.